The first-order chi connectivity index (χ1) is 7.56. The number of rotatable bonds is 1. The van der Waals surface area contributed by atoms with E-state index in [-0.39, 0.29) is 19.5 Å². The topological polar surface area (TPSA) is 50.4 Å². The van der Waals surface area contributed by atoms with Gasteiger partial charge in [0.1, 0.15) is 11.1 Å². The van der Waals surface area contributed by atoms with Crippen LogP contribution in [0.3, 0.4) is 0 Å². The maximum absolute atomic E-state index is 13.7. The first-order valence-electron chi connectivity index (χ1n) is 5.65. The van der Waals surface area contributed by atoms with Crippen molar-refractivity contribution in [3.63, 3.8) is 0 Å². The van der Waals surface area contributed by atoms with Crippen molar-refractivity contribution in [3.05, 3.63) is 0 Å². The van der Waals surface area contributed by atoms with E-state index in [1.807, 2.05) is 0 Å². The van der Waals surface area contributed by atoms with Crippen molar-refractivity contribution in [3.8, 4) is 0 Å². The van der Waals surface area contributed by atoms with Crippen LogP contribution in [0.2, 0.25) is 0 Å². The fraction of sp³-hybridized carbons (Fsp3) is 0.909. The molecular formula is C11H20F2N2O2. The van der Waals surface area contributed by atoms with Crippen LogP contribution >= 0.6 is 0 Å². The summed E-state index contributed by atoms with van der Waals surface area (Å²) < 4.78 is 32.5. The molecule has 0 aliphatic carbocycles. The highest BCUT2D eigenvalue weighted by molar-refractivity contribution is 5.69. The van der Waals surface area contributed by atoms with Crippen LogP contribution in [0, 0.1) is 0 Å². The number of halogens is 2. The molecule has 0 aromatic rings. The van der Waals surface area contributed by atoms with Gasteiger partial charge in [-0.3, -0.25) is 0 Å². The maximum atomic E-state index is 13.7. The Bertz CT molecular complexity index is 302. The fourth-order valence-corrected chi connectivity index (χ4v) is 1.65. The van der Waals surface area contributed by atoms with E-state index < -0.39 is 23.2 Å². The molecule has 100 valence electrons. The Labute approximate surface area is 100 Å². The predicted octanol–water partition coefficient (Wildman–Crippen LogP) is 1.90. The molecular weight excluding hydrogens is 230 g/mol. The van der Waals surface area contributed by atoms with Gasteiger partial charge in [0.05, 0.1) is 0 Å². The van der Waals surface area contributed by atoms with Gasteiger partial charge in [0.15, 0.2) is 0 Å². The second-order valence-corrected chi connectivity index (χ2v) is 5.59. The summed E-state index contributed by atoms with van der Waals surface area (Å²) in [4.78, 5) is 11.5. The first-order valence-corrected chi connectivity index (χ1v) is 5.65. The first kappa shape index (κ1) is 14.2. The number of nitrogens with one attached hydrogen (secondary N) is 2. The predicted molar refractivity (Wildman–Crippen MR) is 60.2 cm³/mol. The summed E-state index contributed by atoms with van der Waals surface area (Å²) in [5, 5.41) is 5.12. The van der Waals surface area contributed by atoms with Crippen molar-refractivity contribution in [2.24, 2.45) is 0 Å². The van der Waals surface area contributed by atoms with Gasteiger partial charge >= 0.3 is 6.09 Å². The Morgan fingerprint density at radius 1 is 1.41 bits per heavy atom. The van der Waals surface area contributed by atoms with Crippen LogP contribution < -0.4 is 10.6 Å². The standard InChI is InChI=1S/C11H20F2N2O2/c1-9(2,3)17-8(16)15-10(4)7-14-6-5-11(10,12)13/h14H,5-7H2,1-4H3,(H,15,16). The van der Waals surface area contributed by atoms with Crippen LogP contribution in [0.4, 0.5) is 13.6 Å². The van der Waals surface area contributed by atoms with Gasteiger partial charge in [-0.2, -0.15) is 0 Å². The Hall–Kier alpha value is -0.910. The van der Waals surface area contributed by atoms with Gasteiger partial charge in [-0.1, -0.05) is 0 Å². The third kappa shape index (κ3) is 3.52. The third-order valence-electron chi connectivity index (χ3n) is 2.68. The Balaban J connectivity index is 2.68. The lowest BCUT2D eigenvalue weighted by molar-refractivity contribution is -0.102. The smallest absolute Gasteiger partial charge is 0.408 e. The average Bonchev–Trinajstić information content (AvgIpc) is 2.06. The number of hydrogen-bond acceptors (Lipinski definition) is 3. The Morgan fingerprint density at radius 3 is 2.47 bits per heavy atom. The zero-order chi connectivity index (χ0) is 13.3. The van der Waals surface area contributed by atoms with Crippen LogP contribution in [0.15, 0.2) is 0 Å². The number of alkyl halides is 2. The van der Waals surface area contributed by atoms with Crippen LogP contribution in [-0.2, 0) is 4.74 Å². The number of hydrogen-bond donors (Lipinski definition) is 2. The summed E-state index contributed by atoms with van der Waals surface area (Å²) in [5.74, 6) is -2.94. The molecule has 0 bridgehead atoms. The highest BCUT2D eigenvalue weighted by atomic mass is 19.3. The molecule has 1 unspecified atom stereocenters. The van der Waals surface area contributed by atoms with Crippen LogP contribution in [-0.4, -0.2) is 36.2 Å². The minimum absolute atomic E-state index is 0.0270. The molecule has 4 nitrogen and oxygen atoms in total. The van der Waals surface area contributed by atoms with Crippen LogP contribution in [0.5, 0.6) is 0 Å². The molecule has 17 heavy (non-hydrogen) atoms. The molecule has 6 heteroatoms. The minimum atomic E-state index is -2.94. The zero-order valence-corrected chi connectivity index (χ0v) is 10.7. The van der Waals surface area contributed by atoms with Gasteiger partial charge in [0, 0.05) is 19.5 Å². The van der Waals surface area contributed by atoms with E-state index in [4.69, 9.17) is 4.74 Å². The molecule has 0 aromatic heterocycles. The molecule has 0 aromatic carbocycles. The summed E-state index contributed by atoms with van der Waals surface area (Å²) in [7, 11) is 0. The van der Waals surface area contributed by atoms with Crippen molar-refractivity contribution in [2.75, 3.05) is 13.1 Å². The van der Waals surface area contributed by atoms with Gasteiger partial charge in [0.25, 0.3) is 5.92 Å². The fourth-order valence-electron chi connectivity index (χ4n) is 1.65. The van der Waals surface area contributed by atoms with E-state index in [9.17, 15) is 13.6 Å². The van der Waals surface area contributed by atoms with E-state index in [0.717, 1.165) is 0 Å². The molecule has 1 aliphatic heterocycles. The number of piperidine rings is 1. The van der Waals surface area contributed by atoms with Crippen molar-refractivity contribution in [2.45, 2.75) is 51.2 Å². The van der Waals surface area contributed by atoms with E-state index in [1.54, 1.807) is 20.8 Å². The van der Waals surface area contributed by atoms with E-state index >= 15 is 0 Å². The molecule has 0 radical (unpaired) electrons. The SMILES string of the molecule is CC(C)(C)OC(=O)NC1(C)CNCCC1(F)F. The van der Waals surface area contributed by atoms with Crippen molar-refractivity contribution in [1.82, 2.24) is 10.6 Å². The number of carbonyl (C=O) groups excluding carboxylic acids is 1. The minimum Gasteiger partial charge on any atom is -0.444 e. The third-order valence-corrected chi connectivity index (χ3v) is 2.68. The quantitative estimate of drug-likeness (QED) is 0.747. The van der Waals surface area contributed by atoms with Crippen molar-refractivity contribution in [1.29, 1.82) is 0 Å². The van der Waals surface area contributed by atoms with Crippen molar-refractivity contribution < 1.29 is 18.3 Å². The molecule has 1 aliphatic rings. The van der Waals surface area contributed by atoms with E-state index in [0.29, 0.717) is 0 Å². The second-order valence-electron chi connectivity index (χ2n) is 5.59. The largest absolute Gasteiger partial charge is 0.444 e. The van der Waals surface area contributed by atoms with E-state index in [1.165, 1.54) is 6.92 Å². The van der Waals surface area contributed by atoms with Gasteiger partial charge in [-0.25, -0.2) is 13.6 Å². The average molecular weight is 250 g/mol. The number of alkyl carbamates (subject to hydrolysis) is 1. The monoisotopic (exact) mass is 250 g/mol. The number of ether oxygens (including phenoxy) is 1. The normalized spacial score (nSPS) is 28.6. The molecule has 0 spiro atoms. The summed E-state index contributed by atoms with van der Waals surface area (Å²) >= 11 is 0. The van der Waals surface area contributed by atoms with Crippen molar-refractivity contribution >= 4 is 6.09 Å². The highest BCUT2D eigenvalue weighted by Gasteiger charge is 2.53. The summed E-state index contributed by atoms with van der Waals surface area (Å²) in [6.45, 7) is 6.66. The van der Waals surface area contributed by atoms with Gasteiger partial charge in [-0.05, 0) is 27.7 Å². The summed E-state index contributed by atoms with van der Waals surface area (Å²) in [6, 6.07) is 0. The Kier molecular flexibility index (Phi) is 3.66. The number of amides is 1. The lowest BCUT2D eigenvalue weighted by Crippen LogP contribution is -2.67. The van der Waals surface area contributed by atoms with E-state index in [2.05, 4.69) is 10.6 Å². The molecule has 0 saturated carbocycles. The molecule has 1 heterocycles. The lowest BCUT2D eigenvalue weighted by atomic mass is 9.88. The molecule has 1 amide bonds. The second kappa shape index (κ2) is 4.40. The molecule has 1 rings (SSSR count). The van der Waals surface area contributed by atoms with Crippen LogP contribution in [0.25, 0.3) is 0 Å². The molecule has 1 saturated heterocycles. The molecule has 2 N–H and O–H groups in total. The molecule has 1 fully saturated rings. The Morgan fingerprint density at radius 2 is 2.00 bits per heavy atom. The maximum Gasteiger partial charge on any atom is 0.408 e. The summed E-state index contributed by atoms with van der Waals surface area (Å²) in [5.41, 5.74) is -2.30. The van der Waals surface area contributed by atoms with Gasteiger partial charge in [0.2, 0.25) is 0 Å². The van der Waals surface area contributed by atoms with Gasteiger partial charge in [-0.15, -0.1) is 0 Å². The van der Waals surface area contributed by atoms with Crippen LogP contribution in [0.1, 0.15) is 34.1 Å². The number of carbonyl (C=O) groups is 1. The summed E-state index contributed by atoms with van der Waals surface area (Å²) in [6.07, 6.45) is -1.11. The molecule has 1 atom stereocenters. The zero-order valence-electron chi connectivity index (χ0n) is 10.7. The highest BCUT2D eigenvalue weighted by Crippen LogP contribution is 2.34. The lowest BCUT2D eigenvalue weighted by Gasteiger charge is -2.41. The van der Waals surface area contributed by atoms with Gasteiger partial charge < -0.3 is 15.4 Å².